The van der Waals surface area contributed by atoms with Gasteiger partial charge in [-0.2, -0.15) is 0 Å². The van der Waals surface area contributed by atoms with Gasteiger partial charge in [-0.1, -0.05) is 6.07 Å². The molecule has 5 nitrogen and oxygen atoms in total. The van der Waals surface area contributed by atoms with Crippen molar-refractivity contribution in [3.8, 4) is 17.2 Å². The maximum absolute atomic E-state index is 11.1. The average Bonchev–Trinajstić information content (AvgIpc) is 2.28. The molecular formula is C11H17NO4S. The lowest BCUT2D eigenvalue weighted by atomic mass is 10.1. The van der Waals surface area contributed by atoms with E-state index in [0.29, 0.717) is 18.7 Å². The summed E-state index contributed by atoms with van der Waals surface area (Å²) >= 11 is 0. The van der Waals surface area contributed by atoms with Crippen LogP contribution < -0.4 is 5.32 Å². The Bertz CT molecular complexity index is 422. The third kappa shape index (κ3) is 3.61. The van der Waals surface area contributed by atoms with Crippen LogP contribution in [0.15, 0.2) is 12.1 Å². The third-order valence-corrected chi connectivity index (χ3v) is 3.83. The van der Waals surface area contributed by atoms with Crippen LogP contribution in [0.3, 0.4) is 0 Å². The van der Waals surface area contributed by atoms with E-state index in [9.17, 15) is 14.4 Å². The number of nitrogens with one attached hydrogen (secondary N) is 1. The normalized spacial score (nSPS) is 14.5. The van der Waals surface area contributed by atoms with E-state index >= 15 is 0 Å². The molecule has 0 aromatic heterocycles. The van der Waals surface area contributed by atoms with Gasteiger partial charge in [0.25, 0.3) is 0 Å². The van der Waals surface area contributed by atoms with E-state index in [1.165, 1.54) is 12.1 Å². The van der Waals surface area contributed by atoms with Gasteiger partial charge in [-0.25, -0.2) is 0 Å². The van der Waals surface area contributed by atoms with Gasteiger partial charge in [0.05, 0.1) is 0 Å². The molecule has 0 saturated carbocycles. The van der Waals surface area contributed by atoms with Crippen molar-refractivity contribution < 1.29 is 19.5 Å². The van der Waals surface area contributed by atoms with E-state index < -0.39 is 16.5 Å². The van der Waals surface area contributed by atoms with E-state index in [0.717, 1.165) is 0 Å². The monoisotopic (exact) mass is 259 g/mol. The number of benzene rings is 1. The molecule has 96 valence electrons. The molecule has 0 aliphatic carbocycles. The number of phenolic OH excluding ortho intramolecular Hbond substituents is 3. The molecule has 0 spiro atoms. The van der Waals surface area contributed by atoms with Gasteiger partial charge < -0.3 is 20.6 Å². The molecule has 4 N–H and O–H groups in total. The molecule has 1 rings (SSSR count). The Morgan fingerprint density at radius 3 is 2.53 bits per heavy atom. The molecule has 2 unspecified atom stereocenters. The summed E-state index contributed by atoms with van der Waals surface area (Å²) in [6.07, 6.45) is 1.64. The zero-order chi connectivity index (χ0) is 13.0. The van der Waals surface area contributed by atoms with Crippen LogP contribution in [0.25, 0.3) is 0 Å². The van der Waals surface area contributed by atoms with Crippen LogP contribution >= 0.6 is 0 Å². The van der Waals surface area contributed by atoms with E-state index in [-0.39, 0.29) is 16.7 Å². The number of hydrogen-bond donors (Lipinski definition) is 4. The highest BCUT2D eigenvalue weighted by atomic mass is 32.2. The van der Waals surface area contributed by atoms with Gasteiger partial charge in [0.2, 0.25) is 5.75 Å². The van der Waals surface area contributed by atoms with Crippen LogP contribution in [0.1, 0.15) is 12.5 Å². The van der Waals surface area contributed by atoms with Crippen LogP contribution in [-0.2, 0) is 17.3 Å². The van der Waals surface area contributed by atoms with Crippen LogP contribution in [0, 0.1) is 0 Å². The molecule has 1 aromatic rings. The molecule has 0 fully saturated rings. The van der Waals surface area contributed by atoms with Crippen molar-refractivity contribution in [2.75, 3.05) is 12.8 Å². The van der Waals surface area contributed by atoms with Gasteiger partial charge in [0, 0.05) is 41.0 Å². The Kier molecular flexibility index (Phi) is 4.77. The lowest BCUT2D eigenvalue weighted by molar-refractivity contribution is 0.364. The van der Waals surface area contributed by atoms with Crippen molar-refractivity contribution in [2.45, 2.75) is 18.7 Å². The molecule has 0 heterocycles. The highest BCUT2D eigenvalue weighted by Crippen LogP contribution is 2.36. The van der Waals surface area contributed by atoms with E-state index in [1.807, 2.05) is 6.92 Å². The summed E-state index contributed by atoms with van der Waals surface area (Å²) in [5.41, 5.74) is 0.481. The Labute approximate surface area is 103 Å². The molecule has 1 aromatic carbocycles. The van der Waals surface area contributed by atoms with Crippen molar-refractivity contribution >= 4 is 10.8 Å². The van der Waals surface area contributed by atoms with Crippen molar-refractivity contribution in [3.05, 3.63) is 17.7 Å². The molecule has 2 atom stereocenters. The Hall–Kier alpha value is -1.27. The Morgan fingerprint density at radius 1 is 1.29 bits per heavy atom. The summed E-state index contributed by atoms with van der Waals surface area (Å²) < 4.78 is 11.1. The summed E-state index contributed by atoms with van der Waals surface area (Å²) in [6, 6.07) is 2.83. The topological polar surface area (TPSA) is 89.8 Å². The lowest BCUT2D eigenvalue weighted by Crippen LogP contribution is -2.27. The Balaban J connectivity index is 2.59. The lowest BCUT2D eigenvalue weighted by Gasteiger charge is -2.11. The average molecular weight is 259 g/mol. The molecule has 0 bridgehead atoms. The van der Waals surface area contributed by atoms with Crippen LogP contribution in [0.5, 0.6) is 17.2 Å². The fourth-order valence-electron chi connectivity index (χ4n) is 1.28. The maximum Gasteiger partial charge on any atom is 0.200 e. The summed E-state index contributed by atoms with van der Waals surface area (Å²) in [5.74, 6) is -1.20. The second-order valence-corrected chi connectivity index (χ2v) is 5.68. The smallest absolute Gasteiger partial charge is 0.200 e. The minimum atomic E-state index is -0.896. The first-order valence-corrected chi connectivity index (χ1v) is 6.81. The molecule has 0 amide bonds. The highest BCUT2D eigenvalue weighted by Gasteiger charge is 2.11. The van der Waals surface area contributed by atoms with Gasteiger partial charge in [-0.15, -0.1) is 0 Å². The van der Waals surface area contributed by atoms with Gasteiger partial charge in [0.15, 0.2) is 11.5 Å². The maximum atomic E-state index is 11.1. The van der Waals surface area contributed by atoms with Gasteiger partial charge in [-0.3, -0.25) is 4.21 Å². The van der Waals surface area contributed by atoms with E-state index in [1.54, 1.807) is 6.26 Å². The highest BCUT2D eigenvalue weighted by molar-refractivity contribution is 7.84. The van der Waals surface area contributed by atoms with Gasteiger partial charge in [0.1, 0.15) is 0 Å². The third-order valence-electron chi connectivity index (χ3n) is 2.53. The first-order chi connectivity index (χ1) is 7.93. The van der Waals surface area contributed by atoms with Crippen molar-refractivity contribution in [1.29, 1.82) is 0 Å². The predicted molar refractivity (Wildman–Crippen MR) is 66.7 cm³/mol. The first-order valence-electron chi connectivity index (χ1n) is 5.19. The first kappa shape index (κ1) is 13.8. The molecule has 0 aliphatic rings. The van der Waals surface area contributed by atoms with Crippen LogP contribution in [0.2, 0.25) is 0 Å². The minimum Gasteiger partial charge on any atom is -0.504 e. The zero-order valence-electron chi connectivity index (χ0n) is 9.80. The van der Waals surface area contributed by atoms with Crippen LogP contribution in [0.4, 0.5) is 0 Å². The number of phenols is 3. The molecule has 17 heavy (non-hydrogen) atoms. The van der Waals surface area contributed by atoms with Crippen LogP contribution in [-0.4, -0.2) is 37.6 Å². The fourth-order valence-corrected chi connectivity index (χ4v) is 1.63. The van der Waals surface area contributed by atoms with Gasteiger partial charge in [-0.05, 0) is 13.0 Å². The Morgan fingerprint density at radius 2 is 1.94 bits per heavy atom. The largest absolute Gasteiger partial charge is 0.504 e. The van der Waals surface area contributed by atoms with E-state index in [2.05, 4.69) is 5.32 Å². The SMILES string of the molecule is CC(CNCc1ccc(O)c(O)c1O)S(C)=O. The molecular weight excluding hydrogens is 242 g/mol. The van der Waals surface area contributed by atoms with Gasteiger partial charge >= 0.3 is 0 Å². The summed E-state index contributed by atoms with van der Waals surface area (Å²) in [7, 11) is -0.896. The number of rotatable bonds is 5. The minimum absolute atomic E-state index is 0.0165. The van der Waals surface area contributed by atoms with E-state index in [4.69, 9.17) is 5.11 Å². The summed E-state index contributed by atoms with van der Waals surface area (Å²) in [6.45, 7) is 2.74. The standard InChI is InChI=1S/C11H17NO4S/c1-7(17(2)16)5-12-6-8-3-4-9(13)11(15)10(8)14/h3-4,7,12-15H,5-6H2,1-2H3. The summed E-state index contributed by atoms with van der Waals surface area (Å²) in [4.78, 5) is 0. The molecule has 0 radical (unpaired) electrons. The molecule has 0 saturated heterocycles. The molecule has 0 aliphatic heterocycles. The quantitative estimate of drug-likeness (QED) is 0.583. The number of aromatic hydroxyl groups is 3. The number of hydrogen-bond acceptors (Lipinski definition) is 5. The molecule has 6 heteroatoms. The second kappa shape index (κ2) is 5.88. The fraction of sp³-hybridized carbons (Fsp3) is 0.455. The summed E-state index contributed by atoms with van der Waals surface area (Å²) in [5, 5.41) is 31.0. The van der Waals surface area contributed by atoms with Crippen molar-refractivity contribution in [2.24, 2.45) is 0 Å². The van der Waals surface area contributed by atoms with Crippen molar-refractivity contribution in [3.63, 3.8) is 0 Å². The second-order valence-electron chi connectivity index (χ2n) is 3.88. The predicted octanol–water partition coefficient (Wildman–Crippen LogP) is 0.660. The zero-order valence-corrected chi connectivity index (χ0v) is 10.6. The van der Waals surface area contributed by atoms with Crippen molar-refractivity contribution in [1.82, 2.24) is 5.32 Å².